The average molecular weight is 301 g/mol. The molecule has 0 amide bonds. The number of aliphatic hydroxyl groups excluding tert-OH is 1. The van der Waals surface area contributed by atoms with E-state index in [2.05, 4.69) is 30.3 Å². The molecule has 0 aromatic heterocycles. The summed E-state index contributed by atoms with van der Waals surface area (Å²) >= 11 is 7.74. The summed E-state index contributed by atoms with van der Waals surface area (Å²) in [4.78, 5) is 2.14. The highest BCUT2D eigenvalue weighted by molar-refractivity contribution is 7.99. The van der Waals surface area contributed by atoms with Crippen LogP contribution >= 0.6 is 23.4 Å². The quantitative estimate of drug-likeness (QED) is 0.723. The Morgan fingerprint density at radius 1 is 0.900 bits per heavy atom. The molecule has 0 aliphatic carbocycles. The van der Waals surface area contributed by atoms with Crippen molar-refractivity contribution in [2.75, 3.05) is 0 Å². The van der Waals surface area contributed by atoms with Crippen molar-refractivity contribution in [2.45, 2.75) is 16.4 Å². The minimum Gasteiger partial charge on any atom is -0.392 e. The highest BCUT2D eigenvalue weighted by atomic mass is 35.5. The molecule has 0 saturated heterocycles. The first-order valence-electron chi connectivity index (χ1n) is 6.33. The number of hydrogen-bond acceptors (Lipinski definition) is 2. The average Bonchev–Trinajstić information content (AvgIpc) is 2.47. The summed E-state index contributed by atoms with van der Waals surface area (Å²) in [6.07, 6.45) is 0. The van der Waals surface area contributed by atoms with E-state index in [0.717, 1.165) is 15.4 Å². The van der Waals surface area contributed by atoms with Crippen LogP contribution in [0.5, 0.6) is 0 Å². The highest BCUT2D eigenvalue weighted by Gasteiger charge is 2.07. The van der Waals surface area contributed by atoms with Gasteiger partial charge >= 0.3 is 0 Å². The van der Waals surface area contributed by atoms with Gasteiger partial charge in [-0.15, -0.1) is 0 Å². The van der Waals surface area contributed by atoms with E-state index in [-0.39, 0.29) is 6.61 Å². The van der Waals surface area contributed by atoms with Gasteiger partial charge < -0.3 is 5.11 Å². The molecule has 100 valence electrons. The van der Waals surface area contributed by atoms with Crippen LogP contribution in [-0.2, 0) is 6.61 Å². The van der Waals surface area contributed by atoms with Crippen LogP contribution in [-0.4, -0.2) is 5.11 Å². The molecule has 0 atom stereocenters. The zero-order valence-electron chi connectivity index (χ0n) is 10.7. The van der Waals surface area contributed by atoms with E-state index >= 15 is 0 Å². The SMILES string of the molecule is OCc1c(Cl)cccc1Sc1ccc2ccccc2c1. The number of aliphatic hydroxyl groups is 1. The molecule has 3 aromatic rings. The van der Waals surface area contributed by atoms with Crippen LogP contribution in [0, 0.1) is 0 Å². The van der Waals surface area contributed by atoms with Crippen LogP contribution in [0.1, 0.15) is 5.56 Å². The fraction of sp³-hybridized carbons (Fsp3) is 0.0588. The number of fused-ring (bicyclic) bond motifs is 1. The molecule has 0 fully saturated rings. The molecular formula is C17H13ClOS. The Morgan fingerprint density at radius 2 is 1.70 bits per heavy atom. The zero-order chi connectivity index (χ0) is 13.9. The lowest BCUT2D eigenvalue weighted by atomic mass is 10.1. The fourth-order valence-corrected chi connectivity index (χ4v) is 3.46. The summed E-state index contributed by atoms with van der Waals surface area (Å²) in [6.45, 7) is -0.0460. The van der Waals surface area contributed by atoms with Gasteiger partial charge in [0.25, 0.3) is 0 Å². The van der Waals surface area contributed by atoms with E-state index in [1.807, 2.05) is 24.3 Å². The van der Waals surface area contributed by atoms with Gasteiger partial charge in [0.15, 0.2) is 0 Å². The maximum atomic E-state index is 9.45. The van der Waals surface area contributed by atoms with Crippen molar-refractivity contribution in [1.82, 2.24) is 0 Å². The molecule has 0 unspecified atom stereocenters. The molecule has 0 aliphatic rings. The summed E-state index contributed by atoms with van der Waals surface area (Å²) in [5.74, 6) is 0. The maximum absolute atomic E-state index is 9.45. The molecule has 1 nitrogen and oxygen atoms in total. The van der Waals surface area contributed by atoms with Crippen molar-refractivity contribution < 1.29 is 5.11 Å². The van der Waals surface area contributed by atoms with Crippen molar-refractivity contribution in [1.29, 1.82) is 0 Å². The van der Waals surface area contributed by atoms with E-state index < -0.39 is 0 Å². The highest BCUT2D eigenvalue weighted by Crippen LogP contribution is 2.35. The lowest BCUT2D eigenvalue weighted by Gasteiger charge is -2.09. The molecule has 0 bridgehead atoms. The number of benzene rings is 3. The van der Waals surface area contributed by atoms with E-state index in [1.165, 1.54) is 10.8 Å². The van der Waals surface area contributed by atoms with Gasteiger partial charge in [0, 0.05) is 20.4 Å². The van der Waals surface area contributed by atoms with Crippen molar-refractivity contribution >= 4 is 34.1 Å². The lowest BCUT2D eigenvalue weighted by Crippen LogP contribution is -1.88. The largest absolute Gasteiger partial charge is 0.392 e. The van der Waals surface area contributed by atoms with Gasteiger partial charge in [-0.1, -0.05) is 59.8 Å². The lowest BCUT2D eigenvalue weighted by molar-refractivity contribution is 0.279. The monoisotopic (exact) mass is 300 g/mol. The van der Waals surface area contributed by atoms with E-state index in [9.17, 15) is 5.11 Å². The van der Waals surface area contributed by atoms with Crippen LogP contribution in [0.25, 0.3) is 10.8 Å². The van der Waals surface area contributed by atoms with Gasteiger partial charge in [-0.3, -0.25) is 0 Å². The van der Waals surface area contributed by atoms with Crippen molar-refractivity contribution in [3.63, 3.8) is 0 Å². The number of halogens is 1. The Kier molecular flexibility index (Phi) is 3.97. The molecule has 20 heavy (non-hydrogen) atoms. The van der Waals surface area contributed by atoms with E-state index in [0.29, 0.717) is 5.02 Å². The van der Waals surface area contributed by atoms with Crippen molar-refractivity contribution in [3.8, 4) is 0 Å². The maximum Gasteiger partial charge on any atom is 0.0707 e. The minimum atomic E-state index is -0.0460. The zero-order valence-corrected chi connectivity index (χ0v) is 12.3. The van der Waals surface area contributed by atoms with E-state index in [1.54, 1.807) is 17.8 Å². The molecule has 0 aliphatic heterocycles. The molecular weight excluding hydrogens is 288 g/mol. The second-order valence-corrected chi connectivity index (χ2v) is 6.01. The Bertz CT molecular complexity index is 755. The summed E-state index contributed by atoms with van der Waals surface area (Å²) in [5, 5.41) is 12.5. The second kappa shape index (κ2) is 5.88. The third-order valence-electron chi connectivity index (χ3n) is 3.18. The summed E-state index contributed by atoms with van der Waals surface area (Å²) in [5.41, 5.74) is 0.785. The standard InChI is InChI=1S/C17H13ClOS/c18-16-6-3-7-17(15(16)11-19)20-14-9-8-12-4-1-2-5-13(12)10-14/h1-10,19H,11H2. The molecule has 3 aromatic carbocycles. The predicted octanol–water partition coefficient (Wildman–Crippen LogP) is 5.14. The summed E-state index contributed by atoms with van der Waals surface area (Å²) < 4.78 is 0. The first kappa shape index (κ1) is 13.5. The van der Waals surface area contributed by atoms with Crippen LogP contribution in [0.3, 0.4) is 0 Å². The Hall–Kier alpha value is -1.48. The van der Waals surface area contributed by atoms with Gasteiger partial charge in [-0.05, 0) is 35.0 Å². The van der Waals surface area contributed by atoms with Gasteiger partial charge in [-0.2, -0.15) is 0 Å². The third-order valence-corrected chi connectivity index (χ3v) is 4.63. The molecule has 0 spiro atoms. The van der Waals surface area contributed by atoms with Crippen LogP contribution in [0.4, 0.5) is 0 Å². The molecule has 3 heteroatoms. The van der Waals surface area contributed by atoms with Crippen LogP contribution in [0.2, 0.25) is 5.02 Å². The first-order chi connectivity index (χ1) is 9.78. The van der Waals surface area contributed by atoms with Crippen LogP contribution < -0.4 is 0 Å². The van der Waals surface area contributed by atoms with Crippen molar-refractivity contribution in [2.24, 2.45) is 0 Å². The van der Waals surface area contributed by atoms with Gasteiger partial charge in [0.1, 0.15) is 0 Å². The summed E-state index contributed by atoms with van der Waals surface area (Å²) in [7, 11) is 0. The second-order valence-electron chi connectivity index (χ2n) is 4.49. The van der Waals surface area contributed by atoms with Gasteiger partial charge in [0.05, 0.1) is 6.61 Å². The van der Waals surface area contributed by atoms with E-state index in [4.69, 9.17) is 11.6 Å². The van der Waals surface area contributed by atoms with Crippen LogP contribution in [0.15, 0.2) is 70.5 Å². The smallest absolute Gasteiger partial charge is 0.0707 e. The minimum absolute atomic E-state index is 0.0460. The Labute approximate surface area is 127 Å². The number of hydrogen-bond donors (Lipinski definition) is 1. The molecule has 0 heterocycles. The third kappa shape index (κ3) is 2.68. The summed E-state index contributed by atoms with van der Waals surface area (Å²) in [6, 6.07) is 20.3. The fourth-order valence-electron chi connectivity index (χ4n) is 2.15. The van der Waals surface area contributed by atoms with Gasteiger partial charge in [0.2, 0.25) is 0 Å². The molecule has 1 N–H and O–H groups in total. The number of rotatable bonds is 3. The molecule has 0 saturated carbocycles. The molecule has 0 radical (unpaired) electrons. The van der Waals surface area contributed by atoms with Crippen molar-refractivity contribution in [3.05, 3.63) is 71.2 Å². The predicted molar refractivity (Wildman–Crippen MR) is 85.4 cm³/mol. The Balaban J connectivity index is 1.99. The molecule has 3 rings (SSSR count). The topological polar surface area (TPSA) is 20.2 Å². The first-order valence-corrected chi connectivity index (χ1v) is 7.52. The Morgan fingerprint density at radius 3 is 2.50 bits per heavy atom. The van der Waals surface area contributed by atoms with Gasteiger partial charge in [-0.25, -0.2) is 0 Å². The normalized spacial score (nSPS) is 10.9.